The molecule has 1 heterocycles. The summed E-state index contributed by atoms with van der Waals surface area (Å²) in [6.07, 6.45) is 0.839. The predicted molar refractivity (Wildman–Crippen MR) is 81.7 cm³/mol. The van der Waals surface area contributed by atoms with Crippen LogP contribution in [0.4, 0.5) is 0 Å². The van der Waals surface area contributed by atoms with Gasteiger partial charge in [-0.25, -0.2) is 0 Å². The van der Waals surface area contributed by atoms with Crippen molar-refractivity contribution >= 4 is 23.4 Å². The van der Waals surface area contributed by atoms with Crippen LogP contribution in [0.5, 0.6) is 0 Å². The van der Waals surface area contributed by atoms with Crippen LogP contribution in [0.15, 0.2) is 33.7 Å². The summed E-state index contributed by atoms with van der Waals surface area (Å²) in [6, 6.07) is 7.49. The molecule has 2 rings (SSSR count). The lowest BCUT2D eigenvalue weighted by Gasteiger charge is -2.08. The molecule has 0 saturated carbocycles. The van der Waals surface area contributed by atoms with E-state index in [0.717, 1.165) is 16.3 Å². The van der Waals surface area contributed by atoms with Gasteiger partial charge in [-0.15, -0.1) is 11.8 Å². The maximum Gasteiger partial charge on any atom is 0.243 e. The Hall–Kier alpha value is -1.04. The summed E-state index contributed by atoms with van der Waals surface area (Å²) in [6.45, 7) is 4.24. The van der Waals surface area contributed by atoms with Crippen LogP contribution in [0, 0.1) is 5.92 Å². The molecule has 0 fully saturated rings. The fourth-order valence-electron chi connectivity index (χ4n) is 1.76. The second-order valence-electron chi connectivity index (χ2n) is 5.03. The monoisotopic (exact) mass is 311 g/mol. The Morgan fingerprint density at radius 3 is 2.65 bits per heavy atom. The maximum atomic E-state index is 6.02. The third-order valence-electron chi connectivity index (χ3n) is 2.71. The van der Waals surface area contributed by atoms with E-state index in [4.69, 9.17) is 21.9 Å². The molecule has 0 bridgehead atoms. The Morgan fingerprint density at radius 1 is 1.30 bits per heavy atom. The molecule has 0 aliphatic carbocycles. The minimum absolute atomic E-state index is 0.184. The summed E-state index contributed by atoms with van der Waals surface area (Å²) in [7, 11) is 0. The lowest BCUT2D eigenvalue weighted by molar-refractivity contribution is 0.333. The zero-order chi connectivity index (χ0) is 14.5. The van der Waals surface area contributed by atoms with Crippen molar-refractivity contribution in [3.63, 3.8) is 0 Å². The van der Waals surface area contributed by atoms with E-state index in [-0.39, 0.29) is 6.04 Å². The first-order chi connectivity index (χ1) is 9.54. The molecule has 2 N–H and O–H groups in total. The van der Waals surface area contributed by atoms with Crippen molar-refractivity contribution in [2.24, 2.45) is 11.7 Å². The highest BCUT2D eigenvalue weighted by Crippen LogP contribution is 2.24. The van der Waals surface area contributed by atoms with Gasteiger partial charge in [0.05, 0.1) is 11.8 Å². The lowest BCUT2D eigenvalue weighted by atomic mass is 10.0. The second-order valence-corrected chi connectivity index (χ2v) is 6.51. The van der Waals surface area contributed by atoms with Gasteiger partial charge < -0.3 is 10.3 Å². The third-order valence-corrected chi connectivity index (χ3v) is 3.97. The molecule has 0 amide bonds. The molecule has 1 aromatic heterocycles. The van der Waals surface area contributed by atoms with Crippen molar-refractivity contribution in [2.45, 2.75) is 37.0 Å². The lowest BCUT2D eigenvalue weighted by Crippen LogP contribution is -2.13. The van der Waals surface area contributed by atoms with E-state index in [9.17, 15) is 0 Å². The SMILES string of the molecule is CC(C)C[C@H](N)c1nc(CSc2ccc(Cl)cc2)no1. The van der Waals surface area contributed by atoms with E-state index in [1.807, 2.05) is 24.3 Å². The Labute approximate surface area is 128 Å². The van der Waals surface area contributed by atoms with Gasteiger partial charge in [-0.2, -0.15) is 4.98 Å². The summed E-state index contributed by atoms with van der Waals surface area (Å²) < 4.78 is 5.21. The smallest absolute Gasteiger partial charge is 0.243 e. The Kier molecular flexibility index (Phi) is 5.46. The molecule has 1 aromatic carbocycles. The molecule has 0 aliphatic rings. The Bertz CT molecular complexity index is 542. The van der Waals surface area contributed by atoms with Gasteiger partial charge in [0.25, 0.3) is 0 Å². The van der Waals surface area contributed by atoms with Gasteiger partial charge >= 0.3 is 0 Å². The van der Waals surface area contributed by atoms with Gasteiger partial charge in [-0.3, -0.25) is 0 Å². The van der Waals surface area contributed by atoms with Gasteiger partial charge in [0.2, 0.25) is 5.89 Å². The van der Waals surface area contributed by atoms with Crippen LogP contribution in [0.2, 0.25) is 5.02 Å². The van der Waals surface area contributed by atoms with Crippen LogP contribution < -0.4 is 5.73 Å². The number of thioether (sulfide) groups is 1. The molecule has 1 atom stereocenters. The molecular weight excluding hydrogens is 294 g/mol. The van der Waals surface area contributed by atoms with Gasteiger partial charge in [-0.1, -0.05) is 30.6 Å². The van der Waals surface area contributed by atoms with Crippen molar-refractivity contribution < 1.29 is 4.52 Å². The molecule has 0 saturated heterocycles. The number of benzene rings is 1. The topological polar surface area (TPSA) is 64.9 Å². The van der Waals surface area contributed by atoms with Crippen LogP contribution in [0.3, 0.4) is 0 Å². The molecule has 0 radical (unpaired) electrons. The fourth-order valence-corrected chi connectivity index (χ4v) is 2.63. The van der Waals surface area contributed by atoms with Crippen molar-refractivity contribution in [3.05, 3.63) is 41.0 Å². The van der Waals surface area contributed by atoms with Crippen molar-refractivity contribution in [1.82, 2.24) is 10.1 Å². The molecule has 2 aromatic rings. The highest BCUT2D eigenvalue weighted by atomic mass is 35.5. The molecule has 6 heteroatoms. The predicted octanol–water partition coefficient (Wildman–Crippen LogP) is 4.06. The molecule has 0 aliphatic heterocycles. The van der Waals surface area contributed by atoms with E-state index in [1.54, 1.807) is 11.8 Å². The van der Waals surface area contributed by atoms with E-state index >= 15 is 0 Å². The first-order valence-electron chi connectivity index (χ1n) is 6.51. The molecule has 20 heavy (non-hydrogen) atoms. The van der Waals surface area contributed by atoms with Crippen molar-refractivity contribution in [2.75, 3.05) is 0 Å². The average Bonchev–Trinajstić information content (AvgIpc) is 2.86. The largest absolute Gasteiger partial charge is 0.338 e. The summed E-state index contributed by atoms with van der Waals surface area (Å²) in [5, 5.41) is 4.70. The van der Waals surface area contributed by atoms with Crippen LogP contribution in [-0.4, -0.2) is 10.1 Å². The van der Waals surface area contributed by atoms with Crippen LogP contribution >= 0.6 is 23.4 Å². The van der Waals surface area contributed by atoms with Gasteiger partial charge in [0.1, 0.15) is 0 Å². The molecular formula is C14H18ClN3OS. The van der Waals surface area contributed by atoms with Crippen molar-refractivity contribution in [3.8, 4) is 0 Å². The first kappa shape index (κ1) is 15.4. The summed E-state index contributed by atoms with van der Waals surface area (Å²) in [5.74, 6) is 2.34. The summed E-state index contributed by atoms with van der Waals surface area (Å²) >= 11 is 7.48. The fraction of sp³-hybridized carbons (Fsp3) is 0.429. The van der Waals surface area contributed by atoms with E-state index < -0.39 is 0 Å². The van der Waals surface area contributed by atoms with Crippen molar-refractivity contribution in [1.29, 1.82) is 0 Å². The highest BCUT2D eigenvalue weighted by Gasteiger charge is 2.16. The number of nitrogens with two attached hydrogens (primary N) is 1. The molecule has 0 spiro atoms. The van der Waals surface area contributed by atoms with Crippen LogP contribution in [0.1, 0.15) is 38.0 Å². The summed E-state index contributed by atoms with van der Waals surface area (Å²) in [4.78, 5) is 5.46. The van der Waals surface area contributed by atoms with Gasteiger partial charge in [-0.05, 0) is 36.6 Å². The quantitative estimate of drug-likeness (QED) is 0.815. The zero-order valence-electron chi connectivity index (χ0n) is 11.5. The molecule has 4 nitrogen and oxygen atoms in total. The maximum absolute atomic E-state index is 6.02. The van der Waals surface area contributed by atoms with E-state index in [1.165, 1.54) is 0 Å². The number of hydrogen-bond donors (Lipinski definition) is 1. The first-order valence-corrected chi connectivity index (χ1v) is 7.87. The minimum Gasteiger partial charge on any atom is -0.338 e. The van der Waals surface area contributed by atoms with Gasteiger partial charge in [0.15, 0.2) is 5.82 Å². The standard InChI is InChI=1S/C14H18ClN3OS/c1-9(2)7-12(16)14-17-13(18-19-14)8-20-11-5-3-10(15)4-6-11/h3-6,9,12H,7-8,16H2,1-2H3/t12-/m0/s1. The minimum atomic E-state index is -0.184. The third kappa shape index (κ3) is 4.51. The Morgan fingerprint density at radius 2 is 2.00 bits per heavy atom. The number of halogens is 1. The molecule has 108 valence electrons. The number of aromatic nitrogens is 2. The number of hydrogen-bond acceptors (Lipinski definition) is 5. The molecule has 0 unspecified atom stereocenters. The van der Waals surface area contributed by atoms with Crippen LogP contribution in [-0.2, 0) is 5.75 Å². The number of rotatable bonds is 6. The average molecular weight is 312 g/mol. The Balaban J connectivity index is 1.91. The van der Waals surface area contributed by atoms with Gasteiger partial charge in [0, 0.05) is 9.92 Å². The normalized spacial score (nSPS) is 12.8. The van der Waals surface area contributed by atoms with Crippen LogP contribution in [0.25, 0.3) is 0 Å². The zero-order valence-corrected chi connectivity index (χ0v) is 13.1. The highest BCUT2D eigenvalue weighted by molar-refractivity contribution is 7.98. The van der Waals surface area contributed by atoms with E-state index in [2.05, 4.69) is 24.0 Å². The number of nitrogens with zero attached hydrogens (tertiary/aromatic N) is 2. The summed E-state index contributed by atoms with van der Waals surface area (Å²) in [5.41, 5.74) is 6.02. The second kappa shape index (κ2) is 7.11. The van der Waals surface area contributed by atoms with E-state index in [0.29, 0.717) is 23.4 Å².